The van der Waals surface area contributed by atoms with Crippen LogP contribution in [0.2, 0.25) is 0 Å². The number of hydrogen-bond acceptors (Lipinski definition) is 5. The minimum absolute atomic E-state index is 0.0103. The molecule has 1 fully saturated rings. The molecule has 1 aliphatic rings. The van der Waals surface area contributed by atoms with Crippen molar-refractivity contribution in [3.05, 3.63) is 16.3 Å². The number of ether oxygens (including phenoxy) is 1. The molecule has 1 heterocycles. The minimum Gasteiger partial charge on any atom is -0.481 e. The van der Waals surface area contributed by atoms with Gasteiger partial charge in [0.1, 0.15) is 6.20 Å². The third-order valence-electron chi connectivity index (χ3n) is 2.78. The Morgan fingerprint density at radius 3 is 2.81 bits per heavy atom. The smallest absolute Gasteiger partial charge is 0.385 e. The van der Waals surface area contributed by atoms with Gasteiger partial charge in [0.05, 0.1) is 6.10 Å². The molecule has 3 N–H and O–H groups in total. The molecular weight excluding hydrogens is 212 g/mol. The van der Waals surface area contributed by atoms with Gasteiger partial charge in [-0.2, -0.15) is 0 Å². The van der Waals surface area contributed by atoms with Crippen molar-refractivity contribution in [1.82, 2.24) is 10.2 Å². The van der Waals surface area contributed by atoms with Crippen LogP contribution in [0, 0.1) is 10.1 Å². The van der Waals surface area contributed by atoms with Gasteiger partial charge in [-0.15, -0.1) is 5.10 Å². The van der Waals surface area contributed by atoms with E-state index >= 15 is 0 Å². The topological polar surface area (TPSA) is 107 Å². The summed E-state index contributed by atoms with van der Waals surface area (Å²) < 4.78 is 5.55. The number of nitro groups is 1. The summed E-state index contributed by atoms with van der Waals surface area (Å²) >= 11 is 0. The fourth-order valence-corrected chi connectivity index (χ4v) is 1.87. The van der Waals surface area contributed by atoms with Crippen LogP contribution in [0.3, 0.4) is 0 Å². The molecule has 0 saturated heterocycles. The molecule has 0 amide bonds. The molecule has 0 spiro atoms. The summed E-state index contributed by atoms with van der Waals surface area (Å²) in [4.78, 5) is 10.1. The quantitative estimate of drug-likeness (QED) is 0.589. The molecule has 16 heavy (non-hydrogen) atoms. The predicted molar refractivity (Wildman–Crippen MR) is 56.1 cm³/mol. The Morgan fingerprint density at radius 1 is 1.50 bits per heavy atom. The third-order valence-corrected chi connectivity index (χ3v) is 2.78. The highest BCUT2D eigenvalue weighted by molar-refractivity contribution is 5.36. The van der Waals surface area contributed by atoms with Crippen molar-refractivity contribution in [2.45, 2.75) is 37.8 Å². The monoisotopic (exact) mass is 226 g/mol. The Bertz CT molecular complexity index is 371. The highest BCUT2D eigenvalue weighted by Gasteiger charge is 2.24. The number of nitrogens with one attached hydrogen (secondary N) is 1. The standard InChI is InChI=1S/C9H14N4O3/c10-6-1-3-7(4-2-6)16-8-5-11-12-9(8)13(14)15/h5-7H,1-4,10H2,(H,11,12). The van der Waals surface area contributed by atoms with Gasteiger partial charge in [0, 0.05) is 6.04 Å². The van der Waals surface area contributed by atoms with Crippen molar-refractivity contribution in [1.29, 1.82) is 0 Å². The van der Waals surface area contributed by atoms with E-state index in [-0.39, 0.29) is 23.7 Å². The van der Waals surface area contributed by atoms with Crippen LogP contribution in [-0.4, -0.2) is 27.3 Å². The number of aromatic amines is 1. The normalized spacial score (nSPS) is 25.3. The number of rotatable bonds is 3. The van der Waals surface area contributed by atoms with Gasteiger partial charge in [0.2, 0.25) is 5.75 Å². The van der Waals surface area contributed by atoms with Gasteiger partial charge in [-0.25, -0.2) is 0 Å². The van der Waals surface area contributed by atoms with Crippen LogP contribution in [-0.2, 0) is 0 Å². The molecule has 7 nitrogen and oxygen atoms in total. The highest BCUT2D eigenvalue weighted by Crippen LogP contribution is 2.28. The first kappa shape index (κ1) is 10.9. The van der Waals surface area contributed by atoms with E-state index in [9.17, 15) is 10.1 Å². The van der Waals surface area contributed by atoms with E-state index < -0.39 is 4.92 Å². The zero-order valence-electron chi connectivity index (χ0n) is 8.76. The highest BCUT2D eigenvalue weighted by atomic mass is 16.6. The molecular formula is C9H14N4O3. The molecule has 0 atom stereocenters. The van der Waals surface area contributed by atoms with Gasteiger partial charge in [-0.1, -0.05) is 5.10 Å². The second-order valence-electron chi connectivity index (χ2n) is 3.99. The van der Waals surface area contributed by atoms with E-state index in [2.05, 4.69) is 10.2 Å². The van der Waals surface area contributed by atoms with Gasteiger partial charge in [0.15, 0.2) is 0 Å². The average molecular weight is 226 g/mol. The Hall–Kier alpha value is -1.63. The lowest BCUT2D eigenvalue weighted by atomic mass is 9.94. The number of aromatic nitrogens is 2. The van der Waals surface area contributed by atoms with Crippen molar-refractivity contribution in [3.8, 4) is 5.75 Å². The van der Waals surface area contributed by atoms with Crippen molar-refractivity contribution in [2.75, 3.05) is 0 Å². The van der Waals surface area contributed by atoms with Crippen LogP contribution in [0.15, 0.2) is 6.20 Å². The van der Waals surface area contributed by atoms with E-state index in [1.165, 1.54) is 6.20 Å². The molecule has 0 aromatic carbocycles. The summed E-state index contributed by atoms with van der Waals surface area (Å²) in [6, 6.07) is 0.235. The fourth-order valence-electron chi connectivity index (χ4n) is 1.87. The van der Waals surface area contributed by atoms with E-state index in [0.717, 1.165) is 25.7 Å². The predicted octanol–water partition coefficient (Wildman–Crippen LogP) is 0.967. The summed E-state index contributed by atoms with van der Waals surface area (Å²) in [5.74, 6) is 0.0281. The van der Waals surface area contributed by atoms with E-state index in [0.29, 0.717) is 0 Å². The average Bonchev–Trinajstić information content (AvgIpc) is 2.69. The first-order valence-corrected chi connectivity index (χ1v) is 5.27. The fraction of sp³-hybridized carbons (Fsp3) is 0.667. The lowest BCUT2D eigenvalue weighted by molar-refractivity contribution is -0.390. The van der Waals surface area contributed by atoms with Gasteiger partial charge < -0.3 is 20.6 Å². The maximum Gasteiger partial charge on any atom is 0.385 e. The third kappa shape index (κ3) is 2.30. The number of H-pyrrole nitrogens is 1. The molecule has 1 saturated carbocycles. The molecule has 1 aromatic heterocycles. The van der Waals surface area contributed by atoms with E-state index in [1.54, 1.807) is 0 Å². The van der Waals surface area contributed by atoms with Gasteiger partial charge >= 0.3 is 5.82 Å². The molecule has 0 radical (unpaired) electrons. The minimum atomic E-state index is -0.531. The zero-order valence-corrected chi connectivity index (χ0v) is 8.76. The lowest BCUT2D eigenvalue weighted by Crippen LogP contribution is -2.31. The Labute approximate surface area is 92.1 Å². The molecule has 7 heteroatoms. The first-order valence-electron chi connectivity index (χ1n) is 5.27. The zero-order chi connectivity index (χ0) is 11.5. The summed E-state index contributed by atoms with van der Waals surface area (Å²) in [7, 11) is 0. The second-order valence-corrected chi connectivity index (χ2v) is 3.99. The maximum atomic E-state index is 10.6. The maximum absolute atomic E-state index is 10.6. The molecule has 0 aliphatic heterocycles. The van der Waals surface area contributed by atoms with Crippen molar-refractivity contribution in [2.24, 2.45) is 5.73 Å². The molecule has 1 aromatic rings. The van der Waals surface area contributed by atoms with Crippen LogP contribution in [0.5, 0.6) is 5.75 Å². The number of hydrogen-bond donors (Lipinski definition) is 2. The van der Waals surface area contributed by atoms with Gasteiger partial charge in [0.25, 0.3) is 0 Å². The van der Waals surface area contributed by atoms with Crippen LogP contribution in [0.1, 0.15) is 25.7 Å². The molecule has 0 unspecified atom stereocenters. The molecule has 88 valence electrons. The van der Waals surface area contributed by atoms with Crippen LogP contribution < -0.4 is 10.5 Å². The van der Waals surface area contributed by atoms with Crippen LogP contribution >= 0.6 is 0 Å². The Kier molecular flexibility index (Phi) is 3.04. The lowest BCUT2D eigenvalue weighted by Gasteiger charge is -2.25. The number of nitrogens with zero attached hydrogens (tertiary/aromatic N) is 2. The summed E-state index contributed by atoms with van der Waals surface area (Å²) in [5, 5.41) is 16.5. The molecule has 2 rings (SSSR count). The first-order chi connectivity index (χ1) is 7.66. The van der Waals surface area contributed by atoms with Crippen molar-refractivity contribution >= 4 is 5.82 Å². The van der Waals surface area contributed by atoms with E-state index in [1.807, 2.05) is 0 Å². The van der Waals surface area contributed by atoms with Crippen molar-refractivity contribution < 1.29 is 9.66 Å². The second kappa shape index (κ2) is 4.48. The Morgan fingerprint density at radius 2 is 2.19 bits per heavy atom. The SMILES string of the molecule is NC1CCC(Oc2cn[nH]c2[N+](=O)[O-])CC1. The van der Waals surface area contributed by atoms with Gasteiger partial charge in [-0.05, 0) is 30.6 Å². The van der Waals surface area contributed by atoms with E-state index in [4.69, 9.17) is 10.5 Å². The van der Waals surface area contributed by atoms with Crippen LogP contribution in [0.4, 0.5) is 5.82 Å². The number of nitrogens with two attached hydrogens (primary N) is 1. The van der Waals surface area contributed by atoms with Crippen LogP contribution in [0.25, 0.3) is 0 Å². The summed E-state index contributed by atoms with van der Waals surface area (Å²) in [6.45, 7) is 0. The molecule has 1 aliphatic carbocycles. The molecule has 0 bridgehead atoms. The van der Waals surface area contributed by atoms with Crippen molar-refractivity contribution in [3.63, 3.8) is 0 Å². The Balaban J connectivity index is 1.98. The summed E-state index contributed by atoms with van der Waals surface area (Å²) in [6.07, 6.45) is 4.82. The van der Waals surface area contributed by atoms with Gasteiger partial charge in [-0.3, -0.25) is 0 Å². The largest absolute Gasteiger partial charge is 0.481 e. The summed E-state index contributed by atoms with van der Waals surface area (Å²) in [5.41, 5.74) is 5.77.